The van der Waals surface area contributed by atoms with Gasteiger partial charge in [-0.15, -0.1) is 10.2 Å². The average molecular weight is 451 g/mol. The van der Waals surface area contributed by atoms with Gasteiger partial charge in [0, 0.05) is 11.6 Å². The van der Waals surface area contributed by atoms with E-state index < -0.39 is 0 Å². The van der Waals surface area contributed by atoms with Gasteiger partial charge < -0.3 is 10.6 Å². The van der Waals surface area contributed by atoms with E-state index in [1.165, 1.54) is 23.5 Å². The van der Waals surface area contributed by atoms with Crippen molar-refractivity contribution in [1.82, 2.24) is 29.7 Å². The fourth-order valence-electron chi connectivity index (χ4n) is 4.26. The van der Waals surface area contributed by atoms with Crippen molar-refractivity contribution >= 4 is 22.3 Å². The van der Waals surface area contributed by atoms with E-state index in [1.54, 1.807) is 12.1 Å². The van der Waals surface area contributed by atoms with Gasteiger partial charge in [0.2, 0.25) is 0 Å². The zero-order valence-electron chi connectivity index (χ0n) is 18.2. The molecule has 164 valence electrons. The molecule has 0 aliphatic carbocycles. The van der Waals surface area contributed by atoms with Gasteiger partial charge in [-0.1, -0.05) is 18.3 Å². The lowest BCUT2D eigenvalue weighted by Crippen LogP contribution is -2.40. The SMILES string of the molecule is CC[C@@H]1c2nnc(C)n2-c2cnc(-c3sc(N)nc3-c3ccc(F)cc3)nc2N1C(C)C. The van der Waals surface area contributed by atoms with Gasteiger partial charge in [-0.3, -0.25) is 4.57 Å². The third-order valence-corrected chi connectivity index (χ3v) is 6.51. The van der Waals surface area contributed by atoms with E-state index in [-0.39, 0.29) is 17.9 Å². The first-order valence-corrected chi connectivity index (χ1v) is 11.3. The molecule has 1 aliphatic heterocycles. The van der Waals surface area contributed by atoms with Crippen LogP contribution in [0.2, 0.25) is 0 Å². The van der Waals surface area contributed by atoms with Gasteiger partial charge in [0.1, 0.15) is 22.2 Å². The van der Waals surface area contributed by atoms with Crippen molar-refractivity contribution < 1.29 is 4.39 Å². The molecule has 0 unspecified atom stereocenters. The highest BCUT2D eigenvalue weighted by atomic mass is 32.1. The Morgan fingerprint density at radius 3 is 2.59 bits per heavy atom. The molecule has 0 spiro atoms. The molecule has 4 aromatic rings. The van der Waals surface area contributed by atoms with Crippen LogP contribution >= 0.6 is 11.3 Å². The summed E-state index contributed by atoms with van der Waals surface area (Å²) in [4.78, 5) is 17.2. The van der Waals surface area contributed by atoms with E-state index in [2.05, 4.69) is 45.8 Å². The molecule has 8 nitrogen and oxygen atoms in total. The normalized spacial score (nSPS) is 15.2. The highest BCUT2D eigenvalue weighted by Crippen LogP contribution is 2.42. The molecule has 0 saturated heterocycles. The van der Waals surface area contributed by atoms with Gasteiger partial charge in [0.25, 0.3) is 0 Å². The molecule has 1 aromatic carbocycles. The van der Waals surface area contributed by atoms with Crippen molar-refractivity contribution in [3.63, 3.8) is 0 Å². The number of aromatic nitrogens is 6. The molecule has 10 heteroatoms. The van der Waals surface area contributed by atoms with Crippen LogP contribution < -0.4 is 10.6 Å². The van der Waals surface area contributed by atoms with Gasteiger partial charge in [-0.05, 0) is 51.5 Å². The number of anilines is 2. The quantitative estimate of drug-likeness (QED) is 0.487. The lowest BCUT2D eigenvalue weighted by molar-refractivity contribution is 0.496. The maximum atomic E-state index is 13.5. The Bertz CT molecular complexity index is 1290. The number of nitrogens with two attached hydrogens (primary N) is 1. The highest BCUT2D eigenvalue weighted by Gasteiger charge is 2.36. The van der Waals surface area contributed by atoms with Crippen LogP contribution in [0, 0.1) is 12.7 Å². The van der Waals surface area contributed by atoms with Gasteiger partial charge in [0.05, 0.1) is 17.9 Å². The summed E-state index contributed by atoms with van der Waals surface area (Å²) in [6.45, 7) is 8.35. The molecule has 0 amide bonds. The molecule has 4 heterocycles. The van der Waals surface area contributed by atoms with E-state index in [1.807, 2.05) is 17.7 Å². The topological polar surface area (TPSA) is 98.6 Å². The van der Waals surface area contributed by atoms with Crippen LogP contribution in [0.1, 0.15) is 44.9 Å². The Morgan fingerprint density at radius 2 is 1.91 bits per heavy atom. The number of hydrogen-bond donors (Lipinski definition) is 1. The third kappa shape index (κ3) is 3.13. The molecule has 5 rings (SSSR count). The number of nitrogen functional groups attached to an aromatic ring is 1. The summed E-state index contributed by atoms with van der Waals surface area (Å²) in [5.41, 5.74) is 8.32. The van der Waals surface area contributed by atoms with E-state index in [0.717, 1.165) is 40.0 Å². The lowest BCUT2D eigenvalue weighted by atomic mass is 10.1. The number of hydrogen-bond acceptors (Lipinski definition) is 8. The predicted octanol–water partition coefficient (Wildman–Crippen LogP) is 4.56. The lowest BCUT2D eigenvalue weighted by Gasteiger charge is -2.39. The molecular weight excluding hydrogens is 427 g/mol. The zero-order chi connectivity index (χ0) is 22.6. The number of aryl methyl sites for hydroxylation is 1. The highest BCUT2D eigenvalue weighted by molar-refractivity contribution is 7.19. The summed E-state index contributed by atoms with van der Waals surface area (Å²) in [5.74, 6) is 2.75. The monoisotopic (exact) mass is 450 g/mol. The molecule has 0 radical (unpaired) electrons. The number of benzene rings is 1. The number of nitrogens with zero attached hydrogens (tertiary/aromatic N) is 7. The molecule has 32 heavy (non-hydrogen) atoms. The summed E-state index contributed by atoms with van der Waals surface area (Å²) in [7, 11) is 0. The van der Waals surface area contributed by atoms with Crippen molar-refractivity contribution in [3.05, 3.63) is 47.9 Å². The second kappa shape index (κ2) is 7.63. The maximum Gasteiger partial charge on any atom is 0.181 e. The van der Waals surface area contributed by atoms with Crippen LogP contribution in [0.5, 0.6) is 0 Å². The van der Waals surface area contributed by atoms with E-state index in [9.17, 15) is 4.39 Å². The molecule has 0 fully saturated rings. The predicted molar refractivity (Wildman–Crippen MR) is 123 cm³/mol. The van der Waals surface area contributed by atoms with E-state index in [0.29, 0.717) is 16.6 Å². The standard InChI is InChI=1S/C22H23FN8S/c1-5-15-21-29-28-12(4)31(21)16-10-25-19(27-20(16)30(15)11(2)3)18-17(26-22(24)32-18)13-6-8-14(23)9-7-13/h6-11,15H,5H2,1-4H3,(H2,24,26)/t15-/m1/s1. The Morgan fingerprint density at radius 1 is 1.16 bits per heavy atom. The van der Waals surface area contributed by atoms with Crippen LogP contribution in [0.15, 0.2) is 30.5 Å². The second-order valence-electron chi connectivity index (χ2n) is 8.01. The fraction of sp³-hybridized carbons (Fsp3) is 0.318. The minimum atomic E-state index is -0.304. The Labute approximate surface area is 189 Å². The summed E-state index contributed by atoms with van der Waals surface area (Å²) in [5, 5.41) is 9.16. The summed E-state index contributed by atoms with van der Waals surface area (Å²) in [6, 6.07) is 6.43. The van der Waals surface area contributed by atoms with Crippen molar-refractivity contribution in [3.8, 4) is 27.6 Å². The summed E-state index contributed by atoms with van der Waals surface area (Å²) < 4.78 is 15.5. The number of thiazole rings is 1. The molecule has 0 saturated carbocycles. The van der Waals surface area contributed by atoms with Crippen molar-refractivity contribution in [2.24, 2.45) is 0 Å². The first-order valence-electron chi connectivity index (χ1n) is 10.5. The van der Waals surface area contributed by atoms with Crippen LogP contribution in [0.4, 0.5) is 15.3 Å². The van der Waals surface area contributed by atoms with Crippen LogP contribution in [0.3, 0.4) is 0 Å². The van der Waals surface area contributed by atoms with Crippen LogP contribution in [-0.4, -0.2) is 35.8 Å². The zero-order valence-corrected chi connectivity index (χ0v) is 19.1. The molecule has 2 N–H and O–H groups in total. The van der Waals surface area contributed by atoms with E-state index >= 15 is 0 Å². The smallest absolute Gasteiger partial charge is 0.181 e. The molecule has 0 bridgehead atoms. The third-order valence-electron chi connectivity index (χ3n) is 5.63. The minimum Gasteiger partial charge on any atom is -0.375 e. The second-order valence-corrected chi connectivity index (χ2v) is 9.04. The first kappa shape index (κ1) is 20.5. The Balaban J connectivity index is 1.70. The van der Waals surface area contributed by atoms with Gasteiger partial charge in [0.15, 0.2) is 22.6 Å². The number of rotatable bonds is 4. The molecule has 1 aliphatic rings. The van der Waals surface area contributed by atoms with Crippen molar-refractivity contribution in [2.75, 3.05) is 10.6 Å². The maximum absolute atomic E-state index is 13.5. The number of halogens is 1. The van der Waals surface area contributed by atoms with Crippen molar-refractivity contribution in [1.29, 1.82) is 0 Å². The first-order chi connectivity index (χ1) is 15.4. The van der Waals surface area contributed by atoms with Gasteiger partial charge in [-0.2, -0.15) is 0 Å². The van der Waals surface area contributed by atoms with Gasteiger partial charge >= 0.3 is 0 Å². The van der Waals surface area contributed by atoms with Crippen LogP contribution in [0.25, 0.3) is 27.6 Å². The Kier molecular flexibility index (Phi) is 4.89. The minimum absolute atomic E-state index is 0.0505. The Hall–Kier alpha value is -3.40. The van der Waals surface area contributed by atoms with Gasteiger partial charge in [-0.25, -0.2) is 19.3 Å². The van der Waals surface area contributed by atoms with E-state index in [4.69, 9.17) is 10.7 Å². The summed E-state index contributed by atoms with van der Waals surface area (Å²) >= 11 is 1.32. The summed E-state index contributed by atoms with van der Waals surface area (Å²) in [6.07, 6.45) is 2.67. The largest absolute Gasteiger partial charge is 0.375 e. The van der Waals surface area contributed by atoms with Crippen LogP contribution in [-0.2, 0) is 0 Å². The fourth-order valence-corrected chi connectivity index (χ4v) is 5.06. The number of fused-ring (bicyclic) bond motifs is 3. The molecular formula is C22H23FN8S. The molecule has 1 atom stereocenters. The average Bonchev–Trinajstić information content (AvgIpc) is 3.35. The van der Waals surface area contributed by atoms with Crippen molar-refractivity contribution in [2.45, 2.75) is 46.2 Å². The molecule has 3 aromatic heterocycles.